The van der Waals surface area contributed by atoms with Crippen molar-refractivity contribution in [1.82, 2.24) is 15.6 Å². The Morgan fingerprint density at radius 3 is 2.68 bits per heavy atom. The molecule has 0 fully saturated rings. The van der Waals surface area contributed by atoms with Crippen LogP contribution in [0.5, 0.6) is 0 Å². The lowest BCUT2D eigenvalue weighted by Gasteiger charge is -2.11. The summed E-state index contributed by atoms with van der Waals surface area (Å²) in [7, 11) is 1.78. The van der Waals surface area contributed by atoms with Crippen molar-refractivity contribution in [1.29, 1.82) is 0 Å². The molecule has 2 N–H and O–H groups in total. The standard InChI is InChI=1S/C18H25FN4S2/c1-3-17-23-15(13-25-17)9-11-22-18(20-2)21-10-4-12-24-16-7-5-14(19)6-8-16/h5-8,13H,3-4,9-12H2,1-2H3,(H2,20,21,22). The van der Waals surface area contributed by atoms with Crippen LogP contribution in [0.25, 0.3) is 0 Å². The lowest BCUT2D eigenvalue weighted by molar-refractivity contribution is 0.626. The Morgan fingerprint density at radius 1 is 1.24 bits per heavy atom. The number of benzene rings is 1. The van der Waals surface area contributed by atoms with E-state index in [1.54, 1.807) is 30.1 Å². The minimum Gasteiger partial charge on any atom is -0.356 e. The van der Waals surface area contributed by atoms with Crippen molar-refractivity contribution in [2.45, 2.75) is 31.1 Å². The van der Waals surface area contributed by atoms with Gasteiger partial charge in [-0.05, 0) is 42.9 Å². The first-order valence-electron chi connectivity index (χ1n) is 8.47. The molecule has 0 saturated heterocycles. The zero-order valence-corrected chi connectivity index (χ0v) is 16.4. The summed E-state index contributed by atoms with van der Waals surface area (Å²) in [4.78, 5) is 9.89. The quantitative estimate of drug-likeness (QED) is 0.301. The van der Waals surface area contributed by atoms with Gasteiger partial charge in [-0.15, -0.1) is 23.1 Å². The Balaban J connectivity index is 1.57. The smallest absolute Gasteiger partial charge is 0.190 e. The average Bonchev–Trinajstić information content (AvgIpc) is 3.09. The highest BCUT2D eigenvalue weighted by atomic mass is 32.2. The van der Waals surface area contributed by atoms with E-state index in [1.165, 1.54) is 17.1 Å². The van der Waals surface area contributed by atoms with E-state index in [1.807, 2.05) is 12.1 Å². The van der Waals surface area contributed by atoms with Crippen LogP contribution in [0.4, 0.5) is 4.39 Å². The van der Waals surface area contributed by atoms with Gasteiger partial charge in [0.2, 0.25) is 0 Å². The Morgan fingerprint density at radius 2 is 2.00 bits per heavy atom. The molecule has 0 amide bonds. The van der Waals surface area contributed by atoms with Gasteiger partial charge < -0.3 is 10.6 Å². The lowest BCUT2D eigenvalue weighted by atomic mass is 10.3. The van der Waals surface area contributed by atoms with E-state index in [0.717, 1.165) is 54.7 Å². The van der Waals surface area contributed by atoms with Crippen LogP contribution < -0.4 is 10.6 Å². The Labute approximate surface area is 157 Å². The Kier molecular flexibility index (Phi) is 8.76. The molecule has 0 bridgehead atoms. The highest BCUT2D eigenvalue weighted by molar-refractivity contribution is 7.99. The molecule has 2 aromatic rings. The van der Waals surface area contributed by atoms with Crippen LogP contribution in [0.2, 0.25) is 0 Å². The Hall–Kier alpha value is -1.60. The van der Waals surface area contributed by atoms with Gasteiger partial charge in [-0.1, -0.05) is 6.92 Å². The molecule has 0 aliphatic carbocycles. The number of guanidine groups is 1. The summed E-state index contributed by atoms with van der Waals surface area (Å²) in [6.07, 6.45) is 2.91. The van der Waals surface area contributed by atoms with Crippen molar-refractivity contribution >= 4 is 29.1 Å². The topological polar surface area (TPSA) is 49.3 Å². The van der Waals surface area contributed by atoms with Gasteiger partial charge in [-0.25, -0.2) is 9.37 Å². The molecule has 0 aliphatic heterocycles. The predicted molar refractivity (Wildman–Crippen MR) is 106 cm³/mol. The number of aliphatic imine (C=N–C) groups is 1. The highest BCUT2D eigenvalue weighted by Gasteiger charge is 2.02. The minimum absolute atomic E-state index is 0.190. The SMILES string of the molecule is CCc1nc(CCNC(=NC)NCCCSc2ccc(F)cc2)cs1. The van der Waals surface area contributed by atoms with Crippen LogP contribution >= 0.6 is 23.1 Å². The van der Waals surface area contributed by atoms with E-state index >= 15 is 0 Å². The Bertz CT molecular complexity index is 655. The molecule has 1 aromatic carbocycles. The van der Waals surface area contributed by atoms with E-state index in [2.05, 4.69) is 32.9 Å². The number of nitrogens with zero attached hydrogens (tertiary/aromatic N) is 2. The molecule has 0 unspecified atom stereocenters. The van der Waals surface area contributed by atoms with Gasteiger partial charge >= 0.3 is 0 Å². The minimum atomic E-state index is -0.190. The number of aromatic nitrogens is 1. The fraction of sp³-hybridized carbons (Fsp3) is 0.444. The third kappa shape index (κ3) is 7.44. The van der Waals surface area contributed by atoms with Crippen molar-refractivity contribution < 1.29 is 4.39 Å². The average molecular weight is 381 g/mol. The van der Waals surface area contributed by atoms with Crippen LogP contribution in [0.1, 0.15) is 24.0 Å². The van der Waals surface area contributed by atoms with Gasteiger partial charge in [-0.3, -0.25) is 4.99 Å². The van der Waals surface area contributed by atoms with Gasteiger partial charge in [-0.2, -0.15) is 0 Å². The van der Waals surface area contributed by atoms with Crippen molar-refractivity contribution in [3.8, 4) is 0 Å². The third-order valence-electron chi connectivity index (χ3n) is 3.49. The van der Waals surface area contributed by atoms with Crippen LogP contribution in [0, 0.1) is 5.82 Å². The van der Waals surface area contributed by atoms with E-state index in [-0.39, 0.29) is 5.82 Å². The molecular formula is C18H25FN4S2. The van der Waals surface area contributed by atoms with Gasteiger partial charge in [0.05, 0.1) is 10.7 Å². The maximum Gasteiger partial charge on any atom is 0.190 e. The molecule has 2 rings (SSSR count). The van der Waals surface area contributed by atoms with Gasteiger partial charge in [0.25, 0.3) is 0 Å². The van der Waals surface area contributed by atoms with Crippen molar-refractivity contribution in [2.24, 2.45) is 4.99 Å². The molecule has 0 spiro atoms. The molecule has 0 saturated carbocycles. The summed E-state index contributed by atoms with van der Waals surface area (Å²) in [6.45, 7) is 3.79. The lowest BCUT2D eigenvalue weighted by Crippen LogP contribution is -2.38. The zero-order chi connectivity index (χ0) is 17.9. The second-order valence-electron chi connectivity index (χ2n) is 5.42. The van der Waals surface area contributed by atoms with Crippen LogP contribution in [0.15, 0.2) is 39.5 Å². The molecule has 136 valence electrons. The van der Waals surface area contributed by atoms with E-state index in [0.29, 0.717) is 0 Å². The molecule has 1 heterocycles. The van der Waals surface area contributed by atoms with Crippen LogP contribution in [0.3, 0.4) is 0 Å². The fourth-order valence-corrected chi connectivity index (χ4v) is 3.79. The molecule has 4 nitrogen and oxygen atoms in total. The normalized spacial score (nSPS) is 11.6. The number of thiazole rings is 1. The first kappa shape index (κ1) is 19.7. The van der Waals surface area contributed by atoms with Crippen LogP contribution in [-0.4, -0.2) is 36.8 Å². The maximum atomic E-state index is 12.8. The number of nitrogens with one attached hydrogen (secondary N) is 2. The largest absolute Gasteiger partial charge is 0.356 e. The molecule has 0 aliphatic rings. The molecule has 7 heteroatoms. The van der Waals surface area contributed by atoms with E-state index < -0.39 is 0 Å². The third-order valence-corrected chi connectivity index (χ3v) is 5.64. The number of aryl methyl sites for hydroxylation is 1. The second-order valence-corrected chi connectivity index (χ2v) is 7.53. The zero-order valence-electron chi connectivity index (χ0n) is 14.7. The number of hydrogen-bond donors (Lipinski definition) is 2. The summed E-state index contributed by atoms with van der Waals surface area (Å²) in [5, 5.41) is 9.95. The molecule has 1 aromatic heterocycles. The first-order valence-corrected chi connectivity index (χ1v) is 10.3. The van der Waals surface area contributed by atoms with E-state index in [9.17, 15) is 4.39 Å². The monoisotopic (exact) mass is 380 g/mol. The summed E-state index contributed by atoms with van der Waals surface area (Å²) >= 11 is 3.46. The summed E-state index contributed by atoms with van der Waals surface area (Å²) in [5.74, 6) is 1.61. The predicted octanol–water partition coefficient (Wildman–Crippen LogP) is 3.73. The maximum absolute atomic E-state index is 12.8. The molecule has 0 radical (unpaired) electrons. The van der Waals surface area contributed by atoms with Crippen molar-refractivity contribution in [3.63, 3.8) is 0 Å². The van der Waals surface area contributed by atoms with Crippen molar-refractivity contribution in [3.05, 3.63) is 46.2 Å². The highest BCUT2D eigenvalue weighted by Crippen LogP contribution is 2.18. The summed E-state index contributed by atoms with van der Waals surface area (Å²) in [5.41, 5.74) is 1.14. The van der Waals surface area contributed by atoms with Gasteiger partial charge in [0.1, 0.15) is 5.82 Å². The summed E-state index contributed by atoms with van der Waals surface area (Å²) < 4.78 is 12.8. The number of rotatable bonds is 9. The molecular weight excluding hydrogens is 355 g/mol. The number of halogens is 1. The van der Waals surface area contributed by atoms with E-state index in [4.69, 9.17) is 0 Å². The van der Waals surface area contributed by atoms with Crippen molar-refractivity contribution in [2.75, 3.05) is 25.9 Å². The first-order chi connectivity index (χ1) is 12.2. The van der Waals surface area contributed by atoms with Crippen LogP contribution in [-0.2, 0) is 12.8 Å². The number of thioether (sulfide) groups is 1. The molecule has 0 atom stereocenters. The fourth-order valence-electron chi connectivity index (χ4n) is 2.16. The van der Waals surface area contributed by atoms with Gasteiger partial charge in [0, 0.05) is 36.8 Å². The molecule has 25 heavy (non-hydrogen) atoms. The summed E-state index contributed by atoms with van der Waals surface area (Å²) in [6, 6.07) is 6.63. The number of hydrogen-bond acceptors (Lipinski definition) is 4. The second kappa shape index (κ2) is 11.1. The van der Waals surface area contributed by atoms with Gasteiger partial charge in [0.15, 0.2) is 5.96 Å².